The van der Waals surface area contributed by atoms with Gasteiger partial charge in [-0.15, -0.1) is 0 Å². The third-order valence-electron chi connectivity index (χ3n) is 4.12. The Kier molecular flexibility index (Phi) is 5.55. The molecule has 0 aromatic heterocycles. The van der Waals surface area contributed by atoms with E-state index in [0.29, 0.717) is 32.5 Å². The highest BCUT2D eigenvalue weighted by Crippen LogP contribution is 2.20. The van der Waals surface area contributed by atoms with Crippen LogP contribution in [-0.2, 0) is 9.59 Å². The van der Waals surface area contributed by atoms with Gasteiger partial charge in [0.05, 0.1) is 12.5 Å². The lowest BCUT2D eigenvalue weighted by molar-refractivity contribution is -0.143. The smallest absolute Gasteiger partial charge is 0.306 e. The van der Waals surface area contributed by atoms with Gasteiger partial charge in [-0.1, -0.05) is 18.2 Å². The standard InChI is InChI=1S/C17H24N2O3/c1-13(2)19(15-6-4-3-5-7-15)16(20)12-18-10-8-14(9-11-18)17(21)22/h3-7,13-14H,8-12H2,1-2H3,(H,21,22). The van der Waals surface area contributed by atoms with Gasteiger partial charge in [-0.05, 0) is 51.9 Å². The molecule has 1 aromatic rings. The minimum Gasteiger partial charge on any atom is -0.481 e. The van der Waals surface area contributed by atoms with Crippen LogP contribution in [0.15, 0.2) is 30.3 Å². The van der Waals surface area contributed by atoms with Crippen molar-refractivity contribution in [3.8, 4) is 0 Å². The fourth-order valence-electron chi connectivity index (χ4n) is 2.92. The molecule has 120 valence electrons. The fourth-order valence-corrected chi connectivity index (χ4v) is 2.92. The van der Waals surface area contributed by atoms with Crippen LogP contribution in [0.4, 0.5) is 5.69 Å². The van der Waals surface area contributed by atoms with Crippen LogP contribution in [0.25, 0.3) is 0 Å². The van der Waals surface area contributed by atoms with Crippen molar-refractivity contribution in [2.24, 2.45) is 5.92 Å². The first-order valence-corrected chi connectivity index (χ1v) is 7.81. The number of anilines is 1. The summed E-state index contributed by atoms with van der Waals surface area (Å²) in [4.78, 5) is 27.5. The monoisotopic (exact) mass is 304 g/mol. The van der Waals surface area contributed by atoms with E-state index in [-0.39, 0.29) is 17.9 Å². The molecule has 5 nitrogen and oxygen atoms in total. The van der Waals surface area contributed by atoms with E-state index in [1.165, 1.54) is 0 Å². The summed E-state index contributed by atoms with van der Waals surface area (Å²) in [7, 11) is 0. The first-order valence-electron chi connectivity index (χ1n) is 7.81. The Labute approximate surface area is 131 Å². The molecule has 0 spiro atoms. The molecule has 1 heterocycles. The number of likely N-dealkylation sites (tertiary alicyclic amines) is 1. The van der Waals surface area contributed by atoms with E-state index < -0.39 is 5.97 Å². The Morgan fingerprint density at radius 3 is 2.32 bits per heavy atom. The maximum absolute atomic E-state index is 12.6. The summed E-state index contributed by atoms with van der Waals surface area (Å²) in [5.41, 5.74) is 0.905. The lowest BCUT2D eigenvalue weighted by atomic mass is 9.97. The summed E-state index contributed by atoms with van der Waals surface area (Å²) in [6.45, 7) is 5.69. The second-order valence-electron chi connectivity index (χ2n) is 6.08. The Bertz CT molecular complexity index is 508. The number of carbonyl (C=O) groups is 2. The van der Waals surface area contributed by atoms with E-state index >= 15 is 0 Å². The summed E-state index contributed by atoms with van der Waals surface area (Å²) < 4.78 is 0. The van der Waals surface area contributed by atoms with E-state index in [9.17, 15) is 9.59 Å². The molecule has 0 saturated carbocycles. The molecule has 1 fully saturated rings. The topological polar surface area (TPSA) is 60.9 Å². The summed E-state index contributed by atoms with van der Waals surface area (Å²) in [6.07, 6.45) is 1.24. The van der Waals surface area contributed by atoms with Gasteiger partial charge in [-0.25, -0.2) is 0 Å². The molecule has 0 bridgehead atoms. The van der Waals surface area contributed by atoms with Gasteiger partial charge in [0.15, 0.2) is 0 Å². The average Bonchev–Trinajstić information content (AvgIpc) is 2.48. The molecular weight excluding hydrogens is 280 g/mol. The number of hydrogen-bond donors (Lipinski definition) is 1. The van der Waals surface area contributed by atoms with Gasteiger partial charge in [0.2, 0.25) is 5.91 Å². The molecule has 1 amide bonds. The van der Waals surface area contributed by atoms with Crippen LogP contribution < -0.4 is 4.90 Å². The molecule has 0 aliphatic carbocycles. The average molecular weight is 304 g/mol. The Hall–Kier alpha value is -1.88. The second-order valence-corrected chi connectivity index (χ2v) is 6.08. The summed E-state index contributed by atoms with van der Waals surface area (Å²) in [5, 5.41) is 9.02. The largest absolute Gasteiger partial charge is 0.481 e. The summed E-state index contributed by atoms with van der Waals surface area (Å²) in [6, 6.07) is 9.75. The number of nitrogens with zero attached hydrogens (tertiary/aromatic N) is 2. The van der Waals surface area contributed by atoms with Gasteiger partial charge in [0.25, 0.3) is 0 Å². The molecule has 5 heteroatoms. The first kappa shape index (κ1) is 16.5. The molecule has 0 atom stereocenters. The second kappa shape index (κ2) is 7.40. The maximum atomic E-state index is 12.6. The van der Waals surface area contributed by atoms with Gasteiger partial charge in [-0.2, -0.15) is 0 Å². The molecule has 0 radical (unpaired) electrons. The number of piperidine rings is 1. The van der Waals surface area contributed by atoms with Crippen LogP contribution in [0.3, 0.4) is 0 Å². The minimum atomic E-state index is -0.723. The zero-order valence-corrected chi connectivity index (χ0v) is 13.2. The molecule has 1 aliphatic rings. The number of carboxylic acids is 1. The SMILES string of the molecule is CC(C)N(C(=O)CN1CCC(C(=O)O)CC1)c1ccccc1. The van der Waals surface area contributed by atoms with Gasteiger partial charge in [0, 0.05) is 11.7 Å². The van der Waals surface area contributed by atoms with Crippen molar-refractivity contribution in [1.82, 2.24) is 4.90 Å². The molecule has 0 unspecified atom stereocenters. The number of hydrogen-bond acceptors (Lipinski definition) is 3. The number of para-hydroxylation sites is 1. The predicted octanol–water partition coefficient (Wildman–Crippen LogP) is 2.22. The van der Waals surface area contributed by atoms with Crippen LogP contribution in [0, 0.1) is 5.92 Å². The van der Waals surface area contributed by atoms with Crippen LogP contribution in [0.1, 0.15) is 26.7 Å². The number of benzene rings is 1. The number of amides is 1. The predicted molar refractivity (Wildman–Crippen MR) is 85.9 cm³/mol. The zero-order valence-electron chi connectivity index (χ0n) is 13.2. The lowest BCUT2D eigenvalue weighted by Gasteiger charge is -2.33. The molecule has 1 aromatic carbocycles. The highest BCUT2D eigenvalue weighted by atomic mass is 16.4. The van der Waals surface area contributed by atoms with E-state index in [1.54, 1.807) is 0 Å². The Balaban J connectivity index is 1.97. The summed E-state index contributed by atoms with van der Waals surface area (Å²) in [5.74, 6) is -0.921. The lowest BCUT2D eigenvalue weighted by Crippen LogP contribution is -2.46. The highest BCUT2D eigenvalue weighted by Gasteiger charge is 2.27. The van der Waals surface area contributed by atoms with Crippen molar-refractivity contribution in [1.29, 1.82) is 0 Å². The van der Waals surface area contributed by atoms with Crippen molar-refractivity contribution in [2.45, 2.75) is 32.7 Å². The fraction of sp³-hybridized carbons (Fsp3) is 0.529. The number of carbonyl (C=O) groups excluding carboxylic acids is 1. The van der Waals surface area contributed by atoms with E-state index in [0.717, 1.165) is 5.69 Å². The van der Waals surface area contributed by atoms with Crippen molar-refractivity contribution in [3.63, 3.8) is 0 Å². The van der Waals surface area contributed by atoms with E-state index in [4.69, 9.17) is 5.11 Å². The number of rotatable bonds is 5. The third-order valence-corrected chi connectivity index (χ3v) is 4.12. The Morgan fingerprint density at radius 2 is 1.82 bits per heavy atom. The third kappa shape index (κ3) is 4.07. The number of carboxylic acid groups (broad SMARTS) is 1. The minimum absolute atomic E-state index is 0.0648. The van der Waals surface area contributed by atoms with Crippen LogP contribution in [-0.4, -0.2) is 47.6 Å². The van der Waals surface area contributed by atoms with Crippen molar-refractivity contribution in [3.05, 3.63) is 30.3 Å². The zero-order chi connectivity index (χ0) is 16.1. The van der Waals surface area contributed by atoms with Gasteiger partial charge < -0.3 is 10.0 Å². The molecule has 1 aliphatic heterocycles. The van der Waals surface area contributed by atoms with E-state index in [2.05, 4.69) is 4.90 Å². The maximum Gasteiger partial charge on any atom is 0.306 e. The highest BCUT2D eigenvalue weighted by molar-refractivity contribution is 5.95. The summed E-state index contributed by atoms with van der Waals surface area (Å²) >= 11 is 0. The van der Waals surface area contributed by atoms with Gasteiger partial charge >= 0.3 is 5.97 Å². The van der Waals surface area contributed by atoms with Gasteiger partial charge in [0.1, 0.15) is 0 Å². The Morgan fingerprint density at radius 1 is 1.23 bits per heavy atom. The molecule has 2 rings (SSSR count). The molecule has 1 N–H and O–H groups in total. The number of aliphatic carboxylic acids is 1. The van der Waals surface area contributed by atoms with Gasteiger partial charge in [-0.3, -0.25) is 14.5 Å². The molecule has 22 heavy (non-hydrogen) atoms. The van der Waals surface area contributed by atoms with Crippen molar-refractivity contribution >= 4 is 17.6 Å². The first-order chi connectivity index (χ1) is 10.5. The van der Waals surface area contributed by atoms with E-state index in [1.807, 2.05) is 49.1 Å². The molecular formula is C17H24N2O3. The van der Waals surface area contributed by atoms with Crippen molar-refractivity contribution < 1.29 is 14.7 Å². The van der Waals surface area contributed by atoms with Crippen LogP contribution in [0.5, 0.6) is 0 Å². The van der Waals surface area contributed by atoms with Crippen molar-refractivity contribution in [2.75, 3.05) is 24.5 Å². The van der Waals surface area contributed by atoms with Crippen LogP contribution in [0.2, 0.25) is 0 Å². The normalized spacial score (nSPS) is 16.7. The quantitative estimate of drug-likeness (QED) is 0.906. The van der Waals surface area contributed by atoms with Crippen LogP contribution >= 0.6 is 0 Å². The molecule has 1 saturated heterocycles.